The molecule has 1 aromatic carbocycles. The summed E-state index contributed by atoms with van der Waals surface area (Å²) in [7, 11) is 0. The molecular weight excluding hydrogens is 336 g/mol. The normalized spacial score (nSPS) is 18.3. The predicted octanol–water partition coefficient (Wildman–Crippen LogP) is 2.36. The lowest BCUT2D eigenvalue weighted by Gasteiger charge is -2.10. The minimum Gasteiger partial charge on any atom is -0.507 e. The van der Waals surface area contributed by atoms with Gasteiger partial charge in [0.25, 0.3) is 5.91 Å². The first kappa shape index (κ1) is 15.5. The first-order valence-corrected chi connectivity index (χ1v) is 7.39. The van der Waals surface area contributed by atoms with Crippen molar-refractivity contribution in [3.63, 3.8) is 0 Å². The molecule has 1 atom stereocenters. The number of halogens is 1. The summed E-state index contributed by atoms with van der Waals surface area (Å²) in [4.78, 5) is 12.0. The van der Waals surface area contributed by atoms with E-state index < -0.39 is 5.91 Å². The summed E-state index contributed by atoms with van der Waals surface area (Å²) in [5.74, 6) is -0.314. The van der Waals surface area contributed by atoms with Crippen molar-refractivity contribution < 1.29 is 14.6 Å². The maximum atomic E-state index is 12.0. The summed E-state index contributed by atoms with van der Waals surface area (Å²) in [6.07, 6.45) is 3.45. The Morgan fingerprint density at radius 3 is 3.05 bits per heavy atom. The number of hydrogen-bond donors (Lipinski definition) is 2. The Labute approximate surface area is 131 Å². The first-order valence-electron chi connectivity index (χ1n) is 6.60. The van der Waals surface area contributed by atoms with Gasteiger partial charge in [-0.1, -0.05) is 6.07 Å². The van der Waals surface area contributed by atoms with E-state index in [9.17, 15) is 9.90 Å². The van der Waals surface area contributed by atoms with Crippen LogP contribution in [0, 0.1) is 11.3 Å². The monoisotopic (exact) mass is 350 g/mol. The van der Waals surface area contributed by atoms with E-state index in [1.54, 1.807) is 12.1 Å². The lowest BCUT2D eigenvalue weighted by molar-refractivity contribution is -0.117. The highest BCUT2D eigenvalue weighted by Crippen LogP contribution is 2.25. The number of carbonyl (C=O) groups is 1. The highest BCUT2D eigenvalue weighted by molar-refractivity contribution is 9.10. The largest absolute Gasteiger partial charge is 0.507 e. The second-order valence-corrected chi connectivity index (χ2v) is 5.58. The molecule has 1 amide bonds. The van der Waals surface area contributed by atoms with Crippen LogP contribution in [-0.4, -0.2) is 30.3 Å². The van der Waals surface area contributed by atoms with Crippen LogP contribution in [-0.2, 0) is 9.53 Å². The van der Waals surface area contributed by atoms with Crippen LogP contribution < -0.4 is 5.32 Å². The van der Waals surface area contributed by atoms with Crippen LogP contribution in [0.2, 0.25) is 0 Å². The molecule has 1 aliphatic heterocycles. The summed E-state index contributed by atoms with van der Waals surface area (Å²) < 4.78 is 5.92. The van der Waals surface area contributed by atoms with E-state index in [-0.39, 0.29) is 17.4 Å². The zero-order valence-electron chi connectivity index (χ0n) is 11.3. The van der Waals surface area contributed by atoms with Gasteiger partial charge in [-0.25, -0.2) is 0 Å². The summed E-state index contributed by atoms with van der Waals surface area (Å²) in [5, 5.41) is 21.2. The SMILES string of the molecule is N#C/C(=C\c1ccc(O)c(Br)c1)C(=O)NC[C@H]1CCCO1. The topological polar surface area (TPSA) is 82.3 Å². The number of benzene rings is 1. The Morgan fingerprint density at radius 1 is 1.62 bits per heavy atom. The predicted molar refractivity (Wildman–Crippen MR) is 81.4 cm³/mol. The summed E-state index contributed by atoms with van der Waals surface area (Å²) in [6.45, 7) is 1.14. The number of nitrogens with one attached hydrogen (secondary N) is 1. The fourth-order valence-corrected chi connectivity index (χ4v) is 2.43. The summed E-state index contributed by atoms with van der Waals surface area (Å²) in [6, 6.07) is 6.65. The van der Waals surface area contributed by atoms with Crippen molar-refractivity contribution in [3.8, 4) is 11.8 Å². The third-order valence-electron chi connectivity index (χ3n) is 3.16. The molecule has 0 spiro atoms. The van der Waals surface area contributed by atoms with Crippen molar-refractivity contribution in [3.05, 3.63) is 33.8 Å². The van der Waals surface area contributed by atoms with Crippen molar-refractivity contribution in [2.75, 3.05) is 13.2 Å². The lowest BCUT2D eigenvalue weighted by Crippen LogP contribution is -2.32. The molecule has 0 saturated carbocycles. The van der Waals surface area contributed by atoms with Gasteiger partial charge < -0.3 is 15.2 Å². The number of nitrogens with zero attached hydrogens (tertiary/aromatic N) is 1. The molecule has 21 heavy (non-hydrogen) atoms. The molecule has 1 aliphatic rings. The van der Waals surface area contributed by atoms with Crippen LogP contribution >= 0.6 is 15.9 Å². The number of nitriles is 1. The Balaban J connectivity index is 2.03. The van der Waals surface area contributed by atoms with Gasteiger partial charge in [0.2, 0.25) is 0 Å². The molecule has 0 aromatic heterocycles. The fraction of sp³-hybridized carbons (Fsp3) is 0.333. The van der Waals surface area contributed by atoms with Gasteiger partial charge in [-0.05, 0) is 52.5 Å². The molecule has 2 rings (SSSR count). The Hall–Kier alpha value is -1.84. The number of amides is 1. The van der Waals surface area contributed by atoms with E-state index in [0.717, 1.165) is 19.4 Å². The van der Waals surface area contributed by atoms with Gasteiger partial charge in [-0.3, -0.25) is 4.79 Å². The summed E-state index contributed by atoms with van der Waals surface area (Å²) >= 11 is 3.19. The second kappa shape index (κ2) is 7.25. The molecule has 0 aliphatic carbocycles. The highest BCUT2D eigenvalue weighted by Gasteiger charge is 2.17. The Bertz CT molecular complexity index is 601. The average Bonchev–Trinajstić information content (AvgIpc) is 2.99. The summed E-state index contributed by atoms with van der Waals surface area (Å²) in [5.41, 5.74) is 0.675. The lowest BCUT2D eigenvalue weighted by atomic mass is 10.1. The molecule has 1 heterocycles. The van der Waals surface area contributed by atoms with E-state index in [1.807, 2.05) is 6.07 Å². The maximum Gasteiger partial charge on any atom is 0.262 e. The van der Waals surface area contributed by atoms with Crippen LogP contribution in [0.5, 0.6) is 5.75 Å². The van der Waals surface area contributed by atoms with Gasteiger partial charge in [0, 0.05) is 13.2 Å². The average molecular weight is 351 g/mol. The number of aromatic hydroxyl groups is 1. The molecule has 110 valence electrons. The molecule has 2 N–H and O–H groups in total. The zero-order chi connectivity index (χ0) is 15.2. The second-order valence-electron chi connectivity index (χ2n) is 4.73. The standard InChI is InChI=1S/C15H15BrN2O3/c16-13-7-10(3-4-14(13)19)6-11(8-17)15(20)18-9-12-2-1-5-21-12/h3-4,6-7,12,19H,1-2,5,9H2,(H,18,20)/b11-6+/t12-/m1/s1. The Kier molecular flexibility index (Phi) is 5.37. The number of carbonyl (C=O) groups excluding carboxylic acids is 1. The van der Waals surface area contributed by atoms with Crippen LogP contribution in [0.1, 0.15) is 18.4 Å². The van der Waals surface area contributed by atoms with E-state index in [2.05, 4.69) is 21.2 Å². The van der Waals surface area contributed by atoms with Crippen molar-refractivity contribution in [2.45, 2.75) is 18.9 Å². The van der Waals surface area contributed by atoms with Crippen molar-refractivity contribution in [1.29, 1.82) is 5.26 Å². The van der Waals surface area contributed by atoms with E-state index >= 15 is 0 Å². The van der Waals surface area contributed by atoms with Crippen LogP contribution in [0.25, 0.3) is 6.08 Å². The smallest absolute Gasteiger partial charge is 0.262 e. The van der Waals surface area contributed by atoms with Gasteiger partial charge in [0.05, 0.1) is 10.6 Å². The third kappa shape index (κ3) is 4.31. The van der Waals surface area contributed by atoms with Gasteiger partial charge in [0.15, 0.2) is 0 Å². The molecular formula is C15H15BrN2O3. The number of rotatable bonds is 4. The first-order chi connectivity index (χ1) is 10.1. The minimum absolute atomic E-state index is 0.0191. The van der Waals surface area contributed by atoms with E-state index in [0.29, 0.717) is 16.6 Å². The Morgan fingerprint density at radius 2 is 2.43 bits per heavy atom. The molecule has 1 fully saturated rings. The highest BCUT2D eigenvalue weighted by atomic mass is 79.9. The van der Waals surface area contributed by atoms with Gasteiger partial charge in [0.1, 0.15) is 17.4 Å². The molecule has 6 heteroatoms. The quantitative estimate of drug-likeness (QED) is 0.645. The van der Waals surface area contributed by atoms with Crippen LogP contribution in [0.15, 0.2) is 28.2 Å². The molecule has 1 saturated heterocycles. The van der Waals surface area contributed by atoms with Crippen LogP contribution in [0.3, 0.4) is 0 Å². The zero-order valence-corrected chi connectivity index (χ0v) is 12.9. The van der Waals surface area contributed by atoms with Gasteiger partial charge in [-0.2, -0.15) is 5.26 Å². The van der Waals surface area contributed by atoms with Crippen molar-refractivity contribution in [2.24, 2.45) is 0 Å². The fourth-order valence-electron chi connectivity index (χ4n) is 2.04. The maximum absolute atomic E-state index is 12.0. The molecule has 5 nitrogen and oxygen atoms in total. The van der Waals surface area contributed by atoms with Gasteiger partial charge in [-0.15, -0.1) is 0 Å². The minimum atomic E-state index is -0.419. The molecule has 1 aromatic rings. The van der Waals surface area contributed by atoms with Gasteiger partial charge >= 0.3 is 0 Å². The van der Waals surface area contributed by atoms with Crippen molar-refractivity contribution >= 4 is 27.9 Å². The van der Waals surface area contributed by atoms with E-state index in [4.69, 9.17) is 10.00 Å². The molecule has 0 unspecified atom stereocenters. The molecule has 0 radical (unpaired) electrons. The molecule has 0 bridgehead atoms. The van der Waals surface area contributed by atoms with Crippen molar-refractivity contribution in [1.82, 2.24) is 5.32 Å². The van der Waals surface area contributed by atoms with Crippen LogP contribution in [0.4, 0.5) is 0 Å². The number of hydrogen-bond acceptors (Lipinski definition) is 4. The number of phenols is 1. The van der Waals surface area contributed by atoms with E-state index in [1.165, 1.54) is 12.1 Å². The number of ether oxygens (including phenoxy) is 1. The number of phenolic OH excluding ortho intramolecular Hbond substituents is 1. The third-order valence-corrected chi connectivity index (χ3v) is 3.80.